The molecule has 0 unspecified atom stereocenters. The van der Waals surface area contributed by atoms with Crippen LogP contribution in [0.15, 0.2) is 53.4 Å². The number of halogens is 1. The molecule has 0 radical (unpaired) electrons. The second-order valence-electron chi connectivity index (χ2n) is 8.13. The lowest BCUT2D eigenvalue weighted by Gasteiger charge is -2.35. The van der Waals surface area contributed by atoms with E-state index in [1.165, 1.54) is 24.3 Å². The zero-order chi connectivity index (χ0) is 22.9. The highest BCUT2D eigenvalue weighted by Crippen LogP contribution is 2.26. The van der Waals surface area contributed by atoms with E-state index in [-0.39, 0.29) is 30.0 Å². The summed E-state index contributed by atoms with van der Waals surface area (Å²) >= 11 is 0. The molecule has 0 aromatic heterocycles. The number of rotatable bonds is 6. The predicted molar refractivity (Wildman–Crippen MR) is 120 cm³/mol. The third-order valence-electron chi connectivity index (χ3n) is 6.10. The SMILES string of the molecule is CCS(=O)(=O)c1ccc(N2CCC(N[C@H]3CC(=O)N(c4ccc(F)cc4)C3=O)CC2)cc1. The highest BCUT2D eigenvalue weighted by molar-refractivity contribution is 7.91. The maximum absolute atomic E-state index is 13.2. The van der Waals surface area contributed by atoms with E-state index >= 15 is 0 Å². The molecular weight excluding hydrogens is 433 g/mol. The normalized spacial score (nSPS) is 20.2. The van der Waals surface area contributed by atoms with Crippen LogP contribution in [0.2, 0.25) is 0 Å². The van der Waals surface area contributed by atoms with Crippen molar-refractivity contribution < 1.29 is 22.4 Å². The van der Waals surface area contributed by atoms with Crippen LogP contribution in [0.5, 0.6) is 0 Å². The molecular formula is C23H26FN3O4S. The molecule has 4 rings (SSSR count). The van der Waals surface area contributed by atoms with Crippen molar-refractivity contribution in [1.82, 2.24) is 5.32 Å². The molecule has 2 fully saturated rings. The first-order valence-electron chi connectivity index (χ1n) is 10.7. The summed E-state index contributed by atoms with van der Waals surface area (Å²) in [7, 11) is -3.21. The number of sulfone groups is 1. The van der Waals surface area contributed by atoms with Gasteiger partial charge in [0.25, 0.3) is 5.91 Å². The van der Waals surface area contributed by atoms with E-state index in [0.717, 1.165) is 36.5 Å². The minimum Gasteiger partial charge on any atom is -0.371 e. The number of amides is 2. The Morgan fingerprint density at radius 2 is 1.56 bits per heavy atom. The topological polar surface area (TPSA) is 86.8 Å². The first kappa shape index (κ1) is 22.4. The van der Waals surface area contributed by atoms with Gasteiger partial charge in [0.2, 0.25) is 5.91 Å². The van der Waals surface area contributed by atoms with E-state index in [9.17, 15) is 22.4 Å². The molecule has 7 nitrogen and oxygen atoms in total. The summed E-state index contributed by atoms with van der Waals surface area (Å²) in [4.78, 5) is 28.8. The lowest BCUT2D eigenvalue weighted by Crippen LogP contribution is -2.48. The van der Waals surface area contributed by atoms with E-state index in [4.69, 9.17) is 0 Å². The monoisotopic (exact) mass is 459 g/mol. The van der Waals surface area contributed by atoms with Crippen molar-refractivity contribution in [2.24, 2.45) is 0 Å². The van der Waals surface area contributed by atoms with Crippen molar-refractivity contribution in [3.63, 3.8) is 0 Å². The van der Waals surface area contributed by atoms with E-state index in [1.807, 2.05) is 12.1 Å². The lowest BCUT2D eigenvalue weighted by molar-refractivity contribution is -0.121. The van der Waals surface area contributed by atoms with Gasteiger partial charge in [-0.25, -0.2) is 17.7 Å². The molecule has 32 heavy (non-hydrogen) atoms. The number of imide groups is 1. The standard InChI is InChI=1S/C23H26FN3O4S/c1-2-32(30,31)20-9-7-18(8-10-20)26-13-11-17(12-14-26)25-21-15-22(28)27(23(21)29)19-5-3-16(24)4-6-19/h3-10,17,21,25H,2,11-15H2,1H3/t21-/m0/s1. The number of benzene rings is 2. The number of hydrogen-bond donors (Lipinski definition) is 1. The Labute approximate surface area is 187 Å². The number of nitrogens with zero attached hydrogens (tertiary/aromatic N) is 2. The molecule has 2 aromatic carbocycles. The Morgan fingerprint density at radius 3 is 2.16 bits per heavy atom. The molecule has 2 amide bonds. The van der Waals surface area contributed by atoms with Crippen molar-refractivity contribution in [1.29, 1.82) is 0 Å². The van der Waals surface area contributed by atoms with E-state index in [1.54, 1.807) is 19.1 Å². The van der Waals surface area contributed by atoms with Crippen LogP contribution in [0.3, 0.4) is 0 Å². The van der Waals surface area contributed by atoms with E-state index < -0.39 is 21.7 Å². The van der Waals surface area contributed by atoms with Crippen LogP contribution in [-0.4, -0.2) is 51.2 Å². The average molecular weight is 460 g/mol. The summed E-state index contributed by atoms with van der Waals surface area (Å²) in [6.07, 6.45) is 1.68. The van der Waals surface area contributed by atoms with Crippen LogP contribution in [0.1, 0.15) is 26.2 Å². The quantitative estimate of drug-likeness (QED) is 0.668. The van der Waals surface area contributed by atoms with Crippen molar-refractivity contribution in [3.8, 4) is 0 Å². The molecule has 2 aliphatic rings. The van der Waals surface area contributed by atoms with Crippen LogP contribution < -0.4 is 15.1 Å². The third-order valence-corrected chi connectivity index (χ3v) is 7.85. The lowest BCUT2D eigenvalue weighted by atomic mass is 10.0. The molecule has 1 atom stereocenters. The fraction of sp³-hybridized carbons (Fsp3) is 0.391. The van der Waals surface area contributed by atoms with Crippen molar-refractivity contribution >= 4 is 33.0 Å². The first-order valence-corrected chi connectivity index (χ1v) is 12.4. The average Bonchev–Trinajstić information content (AvgIpc) is 3.08. The molecule has 0 saturated carbocycles. The fourth-order valence-corrected chi connectivity index (χ4v) is 5.13. The number of carbonyl (C=O) groups is 2. The number of hydrogen-bond acceptors (Lipinski definition) is 6. The van der Waals surface area contributed by atoms with E-state index in [2.05, 4.69) is 10.2 Å². The molecule has 1 N–H and O–H groups in total. The number of carbonyl (C=O) groups excluding carboxylic acids is 2. The van der Waals surface area contributed by atoms with Crippen LogP contribution in [-0.2, 0) is 19.4 Å². The van der Waals surface area contributed by atoms with Gasteiger partial charge in [0.15, 0.2) is 9.84 Å². The molecule has 0 aliphatic carbocycles. The largest absolute Gasteiger partial charge is 0.371 e. The maximum atomic E-state index is 13.2. The minimum atomic E-state index is -3.21. The smallest absolute Gasteiger partial charge is 0.251 e. The minimum absolute atomic E-state index is 0.0738. The zero-order valence-electron chi connectivity index (χ0n) is 17.8. The van der Waals surface area contributed by atoms with Gasteiger partial charge in [-0.2, -0.15) is 0 Å². The van der Waals surface area contributed by atoms with Gasteiger partial charge < -0.3 is 10.2 Å². The molecule has 0 bridgehead atoms. The van der Waals surface area contributed by atoms with E-state index in [0.29, 0.717) is 10.6 Å². The number of nitrogens with one attached hydrogen (secondary N) is 1. The fourth-order valence-electron chi connectivity index (χ4n) is 4.24. The highest BCUT2D eigenvalue weighted by Gasteiger charge is 2.40. The van der Waals surface area contributed by atoms with Crippen LogP contribution in [0.25, 0.3) is 0 Å². The van der Waals surface area contributed by atoms with Crippen LogP contribution >= 0.6 is 0 Å². The van der Waals surface area contributed by atoms with Gasteiger partial charge in [-0.3, -0.25) is 9.59 Å². The molecule has 2 heterocycles. The molecule has 2 saturated heterocycles. The Morgan fingerprint density at radius 1 is 0.969 bits per heavy atom. The van der Waals surface area contributed by atoms with Gasteiger partial charge in [0, 0.05) is 24.8 Å². The summed E-state index contributed by atoms with van der Waals surface area (Å²) in [5.41, 5.74) is 1.35. The number of piperidine rings is 1. The van der Waals surface area contributed by atoms with Gasteiger partial charge in [-0.1, -0.05) is 6.92 Å². The second-order valence-corrected chi connectivity index (χ2v) is 10.4. The predicted octanol–water partition coefficient (Wildman–Crippen LogP) is 2.51. The third kappa shape index (κ3) is 4.54. The molecule has 0 spiro atoms. The number of anilines is 2. The van der Waals surface area contributed by atoms with Gasteiger partial charge in [-0.15, -0.1) is 0 Å². The van der Waals surface area contributed by atoms with Gasteiger partial charge >= 0.3 is 0 Å². The maximum Gasteiger partial charge on any atom is 0.251 e. The Bertz CT molecular complexity index is 1100. The second kappa shape index (κ2) is 8.99. The Hall–Kier alpha value is -2.78. The van der Waals surface area contributed by atoms with Gasteiger partial charge in [-0.05, 0) is 61.4 Å². The van der Waals surface area contributed by atoms with Gasteiger partial charge in [0.1, 0.15) is 5.82 Å². The molecule has 2 aliphatic heterocycles. The van der Waals surface area contributed by atoms with Crippen LogP contribution in [0, 0.1) is 5.82 Å². The summed E-state index contributed by atoms with van der Waals surface area (Å²) in [5, 5.41) is 3.33. The zero-order valence-corrected chi connectivity index (χ0v) is 18.6. The summed E-state index contributed by atoms with van der Waals surface area (Å²) in [5.74, 6) is -0.948. The van der Waals surface area contributed by atoms with Crippen molar-refractivity contribution in [3.05, 3.63) is 54.3 Å². The van der Waals surface area contributed by atoms with Crippen molar-refractivity contribution in [2.75, 3.05) is 28.6 Å². The molecule has 170 valence electrons. The van der Waals surface area contributed by atoms with Gasteiger partial charge in [0.05, 0.1) is 28.8 Å². The van der Waals surface area contributed by atoms with Crippen molar-refractivity contribution in [2.45, 2.75) is 43.2 Å². The Balaban J connectivity index is 1.34. The summed E-state index contributed by atoms with van der Waals surface area (Å²) in [6, 6.07) is 11.8. The summed E-state index contributed by atoms with van der Waals surface area (Å²) in [6.45, 7) is 3.14. The first-order chi connectivity index (χ1) is 15.3. The van der Waals surface area contributed by atoms with Crippen LogP contribution in [0.4, 0.5) is 15.8 Å². The molecule has 9 heteroatoms. The highest BCUT2D eigenvalue weighted by atomic mass is 32.2. The Kier molecular flexibility index (Phi) is 6.30. The summed E-state index contributed by atoms with van der Waals surface area (Å²) < 4.78 is 37.1. The molecule has 2 aromatic rings.